The number of anilines is 1. The standard InChI is InChI=1S/C28H21NO5/c1-15-8-10-18(11-9-15)25(31)27-24(19-6-4-5-7-22(19)33-27)29-28(32)23-14-21(30)20-13-16(2)12-17(3)26(20)34-23/h4-14H,1-3H3,(H,29,32). The molecule has 2 heterocycles. The molecule has 5 rings (SSSR count). The SMILES string of the molecule is Cc1ccc(C(=O)c2oc3ccccc3c2NC(=O)c2cc(=O)c3cc(C)cc(C)c3o2)cc1. The molecular formula is C28H21NO5. The van der Waals surface area contributed by atoms with E-state index in [9.17, 15) is 14.4 Å². The van der Waals surface area contributed by atoms with Gasteiger partial charge in [-0.1, -0.05) is 48.0 Å². The number of benzene rings is 3. The molecular weight excluding hydrogens is 430 g/mol. The van der Waals surface area contributed by atoms with Gasteiger partial charge in [-0.15, -0.1) is 0 Å². The van der Waals surface area contributed by atoms with Crippen molar-refractivity contribution in [3.63, 3.8) is 0 Å². The lowest BCUT2D eigenvalue weighted by atomic mass is 10.1. The van der Waals surface area contributed by atoms with E-state index < -0.39 is 5.91 Å². The second kappa shape index (κ2) is 8.15. The third kappa shape index (κ3) is 3.69. The maximum Gasteiger partial charge on any atom is 0.291 e. The Bertz CT molecular complexity index is 1650. The highest BCUT2D eigenvalue weighted by atomic mass is 16.4. The molecule has 168 valence electrons. The molecule has 6 nitrogen and oxygen atoms in total. The fourth-order valence-electron chi connectivity index (χ4n) is 4.06. The van der Waals surface area contributed by atoms with E-state index in [-0.39, 0.29) is 28.4 Å². The zero-order valence-electron chi connectivity index (χ0n) is 18.9. The van der Waals surface area contributed by atoms with E-state index in [1.54, 1.807) is 42.5 Å². The Kier molecular flexibility index (Phi) is 5.13. The summed E-state index contributed by atoms with van der Waals surface area (Å²) >= 11 is 0. The normalized spacial score (nSPS) is 11.1. The Morgan fingerprint density at radius 2 is 1.53 bits per heavy atom. The zero-order valence-corrected chi connectivity index (χ0v) is 18.9. The predicted octanol–water partition coefficient (Wildman–Crippen LogP) is 5.95. The van der Waals surface area contributed by atoms with Crippen LogP contribution in [0.3, 0.4) is 0 Å². The van der Waals surface area contributed by atoms with Crippen LogP contribution in [-0.2, 0) is 0 Å². The molecule has 1 N–H and O–H groups in total. The number of para-hydroxylation sites is 1. The van der Waals surface area contributed by atoms with Crippen molar-refractivity contribution >= 4 is 39.3 Å². The fourth-order valence-corrected chi connectivity index (χ4v) is 4.06. The van der Waals surface area contributed by atoms with Crippen molar-refractivity contribution in [1.29, 1.82) is 0 Å². The summed E-state index contributed by atoms with van der Waals surface area (Å²) in [6, 6.07) is 18.9. The lowest BCUT2D eigenvalue weighted by molar-refractivity contribution is 0.0997. The minimum absolute atomic E-state index is 0.00773. The van der Waals surface area contributed by atoms with Gasteiger partial charge in [-0.3, -0.25) is 14.4 Å². The van der Waals surface area contributed by atoms with Gasteiger partial charge in [0.25, 0.3) is 5.91 Å². The molecule has 2 aromatic heterocycles. The van der Waals surface area contributed by atoms with E-state index in [0.717, 1.165) is 16.7 Å². The molecule has 0 saturated heterocycles. The molecule has 0 unspecified atom stereocenters. The fraction of sp³-hybridized carbons (Fsp3) is 0.107. The summed E-state index contributed by atoms with van der Waals surface area (Å²) in [6.45, 7) is 5.65. The monoisotopic (exact) mass is 451 g/mol. The van der Waals surface area contributed by atoms with Gasteiger partial charge in [-0.05, 0) is 50.1 Å². The average Bonchev–Trinajstić information content (AvgIpc) is 3.18. The largest absolute Gasteiger partial charge is 0.450 e. The molecule has 0 aliphatic carbocycles. The molecule has 0 bridgehead atoms. The van der Waals surface area contributed by atoms with Gasteiger partial charge in [0.1, 0.15) is 11.2 Å². The smallest absolute Gasteiger partial charge is 0.291 e. The second-order valence-electron chi connectivity index (χ2n) is 8.39. The number of nitrogens with one attached hydrogen (secondary N) is 1. The Labute approximate surface area is 194 Å². The first-order valence-electron chi connectivity index (χ1n) is 10.8. The molecule has 34 heavy (non-hydrogen) atoms. The minimum atomic E-state index is -0.650. The molecule has 5 aromatic rings. The van der Waals surface area contributed by atoms with Gasteiger partial charge in [0.05, 0.1) is 11.1 Å². The lowest BCUT2D eigenvalue weighted by Gasteiger charge is -2.08. The Morgan fingerprint density at radius 3 is 2.29 bits per heavy atom. The molecule has 0 aliphatic heterocycles. The van der Waals surface area contributed by atoms with Crippen LogP contribution in [0.25, 0.3) is 21.9 Å². The first kappa shape index (κ1) is 21.4. The van der Waals surface area contributed by atoms with Gasteiger partial charge >= 0.3 is 0 Å². The quantitative estimate of drug-likeness (QED) is 0.341. The van der Waals surface area contributed by atoms with Crippen molar-refractivity contribution in [1.82, 2.24) is 0 Å². The van der Waals surface area contributed by atoms with Crippen LogP contribution in [-0.4, -0.2) is 11.7 Å². The van der Waals surface area contributed by atoms with Crippen LogP contribution in [0.1, 0.15) is 43.4 Å². The number of aryl methyl sites for hydroxylation is 3. The van der Waals surface area contributed by atoms with Crippen molar-refractivity contribution < 1.29 is 18.4 Å². The number of ketones is 1. The molecule has 0 aliphatic rings. The maximum atomic E-state index is 13.3. The van der Waals surface area contributed by atoms with E-state index in [1.807, 2.05) is 39.0 Å². The molecule has 0 radical (unpaired) electrons. The topological polar surface area (TPSA) is 89.5 Å². The summed E-state index contributed by atoms with van der Waals surface area (Å²) in [4.78, 5) is 39.1. The van der Waals surface area contributed by atoms with Gasteiger partial charge in [0, 0.05) is 17.0 Å². The Balaban J connectivity index is 1.59. The summed E-state index contributed by atoms with van der Waals surface area (Å²) < 4.78 is 11.7. The number of carbonyl (C=O) groups is 2. The number of hydrogen-bond donors (Lipinski definition) is 1. The number of furan rings is 1. The summed E-state index contributed by atoms with van der Waals surface area (Å²) in [7, 11) is 0. The van der Waals surface area contributed by atoms with Gasteiger partial charge < -0.3 is 14.2 Å². The average molecular weight is 451 g/mol. The van der Waals surface area contributed by atoms with Crippen LogP contribution in [0.5, 0.6) is 0 Å². The van der Waals surface area contributed by atoms with Crippen molar-refractivity contribution in [2.75, 3.05) is 5.32 Å². The number of amides is 1. The highest BCUT2D eigenvalue weighted by Gasteiger charge is 2.25. The summed E-state index contributed by atoms with van der Waals surface area (Å²) in [5.41, 5.74) is 3.87. The number of rotatable bonds is 4. The third-order valence-corrected chi connectivity index (χ3v) is 5.74. The zero-order chi connectivity index (χ0) is 24.0. The molecule has 3 aromatic carbocycles. The van der Waals surface area contributed by atoms with E-state index in [2.05, 4.69) is 5.32 Å². The first-order chi connectivity index (χ1) is 16.3. The summed E-state index contributed by atoms with van der Waals surface area (Å²) in [5.74, 6) is -1.15. The number of hydrogen-bond acceptors (Lipinski definition) is 5. The highest BCUT2D eigenvalue weighted by molar-refractivity contribution is 6.18. The Morgan fingerprint density at radius 1 is 0.794 bits per heavy atom. The minimum Gasteiger partial charge on any atom is -0.450 e. The van der Waals surface area contributed by atoms with Crippen LogP contribution < -0.4 is 10.7 Å². The summed E-state index contributed by atoms with van der Waals surface area (Å²) in [6.07, 6.45) is 0. The molecule has 0 atom stereocenters. The van der Waals surface area contributed by atoms with E-state index >= 15 is 0 Å². The van der Waals surface area contributed by atoms with E-state index in [1.165, 1.54) is 6.07 Å². The van der Waals surface area contributed by atoms with Crippen molar-refractivity contribution in [3.05, 3.63) is 111 Å². The molecule has 6 heteroatoms. The van der Waals surface area contributed by atoms with Crippen LogP contribution in [0, 0.1) is 20.8 Å². The molecule has 0 spiro atoms. The van der Waals surface area contributed by atoms with Crippen molar-refractivity contribution in [2.45, 2.75) is 20.8 Å². The van der Waals surface area contributed by atoms with E-state index in [0.29, 0.717) is 27.5 Å². The maximum absolute atomic E-state index is 13.3. The number of fused-ring (bicyclic) bond motifs is 2. The van der Waals surface area contributed by atoms with Crippen LogP contribution >= 0.6 is 0 Å². The summed E-state index contributed by atoms with van der Waals surface area (Å²) in [5, 5.41) is 3.73. The Hall–Kier alpha value is -4.45. The number of carbonyl (C=O) groups excluding carboxylic acids is 2. The van der Waals surface area contributed by atoms with E-state index in [4.69, 9.17) is 8.83 Å². The van der Waals surface area contributed by atoms with Gasteiger partial charge in [0.15, 0.2) is 16.9 Å². The first-order valence-corrected chi connectivity index (χ1v) is 10.8. The predicted molar refractivity (Wildman–Crippen MR) is 131 cm³/mol. The van der Waals surface area contributed by atoms with Crippen molar-refractivity contribution in [2.24, 2.45) is 0 Å². The van der Waals surface area contributed by atoms with Crippen LogP contribution in [0.15, 0.2) is 80.4 Å². The lowest BCUT2D eigenvalue weighted by Crippen LogP contribution is -2.17. The van der Waals surface area contributed by atoms with Gasteiger partial charge in [-0.25, -0.2) is 0 Å². The van der Waals surface area contributed by atoms with Gasteiger partial charge in [-0.2, -0.15) is 0 Å². The van der Waals surface area contributed by atoms with Crippen LogP contribution in [0.2, 0.25) is 0 Å². The molecule has 1 amide bonds. The third-order valence-electron chi connectivity index (χ3n) is 5.74. The van der Waals surface area contributed by atoms with Crippen molar-refractivity contribution in [3.8, 4) is 0 Å². The molecule has 0 saturated carbocycles. The second-order valence-corrected chi connectivity index (χ2v) is 8.39. The van der Waals surface area contributed by atoms with Gasteiger partial charge in [0.2, 0.25) is 5.78 Å². The van der Waals surface area contributed by atoms with Crippen LogP contribution in [0.4, 0.5) is 5.69 Å². The molecule has 0 fully saturated rings. The highest BCUT2D eigenvalue weighted by Crippen LogP contribution is 2.33.